The molecule has 1 N–H and O–H groups in total. The zero-order valence-electron chi connectivity index (χ0n) is 15.3. The third-order valence-corrected chi connectivity index (χ3v) is 5.86. The Hall–Kier alpha value is -2.05. The molecule has 0 fully saturated rings. The first-order valence-corrected chi connectivity index (χ1v) is 10.5. The van der Waals surface area contributed by atoms with Crippen molar-refractivity contribution < 1.29 is 13.2 Å². The number of hydrogen-bond donors (Lipinski definition) is 1. The van der Waals surface area contributed by atoms with Gasteiger partial charge in [0.1, 0.15) is 6.04 Å². The van der Waals surface area contributed by atoms with E-state index in [0.29, 0.717) is 16.4 Å². The third-order valence-electron chi connectivity index (χ3n) is 4.21. The predicted octanol–water partition coefficient (Wildman–Crippen LogP) is 4.00. The molecule has 0 saturated heterocycles. The Kier molecular flexibility index (Phi) is 6.31. The summed E-state index contributed by atoms with van der Waals surface area (Å²) in [6.45, 7) is 5.37. The van der Waals surface area contributed by atoms with E-state index in [1.807, 2.05) is 19.1 Å². The molecule has 0 aliphatic carbocycles. The van der Waals surface area contributed by atoms with Gasteiger partial charge in [-0.1, -0.05) is 36.7 Å². The summed E-state index contributed by atoms with van der Waals surface area (Å²) in [5.74, 6) is -0.430. The van der Waals surface area contributed by atoms with Gasteiger partial charge in [0.2, 0.25) is 15.9 Å². The van der Waals surface area contributed by atoms with Crippen LogP contribution in [-0.4, -0.2) is 26.6 Å². The van der Waals surface area contributed by atoms with Crippen molar-refractivity contribution in [3.63, 3.8) is 0 Å². The molecule has 0 aromatic heterocycles. The largest absolute Gasteiger partial charge is 0.324 e. The molecule has 2 aromatic carbocycles. The maximum Gasteiger partial charge on any atom is 0.248 e. The fraction of sp³-hybridized carbons (Fsp3) is 0.316. The molecule has 0 aliphatic rings. The quantitative estimate of drug-likeness (QED) is 0.805. The van der Waals surface area contributed by atoms with Crippen LogP contribution in [-0.2, 0) is 21.2 Å². The highest BCUT2D eigenvalue weighted by molar-refractivity contribution is 7.92. The van der Waals surface area contributed by atoms with Crippen LogP contribution in [0, 0.1) is 6.92 Å². The molecule has 2 aromatic rings. The average molecular weight is 395 g/mol. The van der Waals surface area contributed by atoms with Gasteiger partial charge in [-0.25, -0.2) is 8.42 Å². The van der Waals surface area contributed by atoms with Gasteiger partial charge in [0, 0.05) is 10.7 Å². The minimum atomic E-state index is -3.65. The standard InChI is InChI=1S/C19H23ClN2O3S/c1-5-15-9-11-16(12-10-15)22(26(4,24)25)14(3)19(23)21-18-8-6-7-17(20)13(18)2/h6-12,14H,5H2,1-4H3,(H,21,23)/t14-/m1/s1. The van der Waals surface area contributed by atoms with Crippen LogP contribution >= 0.6 is 11.6 Å². The summed E-state index contributed by atoms with van der Waals surface area (Å²) < 4.78 is 25.8. The van der Waals surface area contributed by atoms with Gasteiger partial charge < -0.3 is 5.32 Å². The van der Waals surface area contributed by atoms with Crippen molar-refractivity contribution in [2.24, 2.45) is 0 Å². The van der Waals surface area contributed by atoms with Crippen LogP contribution in [0.4, 0.5) is 11.4 Å². The topological polar surface area (TPSA) is 66.5 Å². The van der Waals surface area contributed by atoms with Gasteiger partial charge in [-0.3, -0.25) is 9.10 Å². The van der Waals surface area contributed by atoms with Crippen LogP contribution in [0.2, 0.25) is 5.02 Å². The highest BCUT2D eigenvalue weighted by Crippen LogP contribution is 2.25. The van der Waals surface area contributed by atoms with Crippen molar-refractivity contribution >= 4 is 38.9 Å². The number of rotatable bonds is 6. The maximum atomic E-state index is 12.7. The van der Waals surface area contributed by atoms with Crippen LogP contribution < -0.4 is 9.62 Å². The molecule has 140 valence electrons. The van der Waals surface area contributed by atoms with E-state index in [2.05, 4.69) is 5.32 Å². The van der Waals surface area contributed by atoms with Gasteiger partial charge >= 0.3 is 0 Å². The van der Waals surface area contributed by atoms with Crippen LogP contribution in [0.5, 0.6) is 0 Å². The van der Waals surface area contributed by atoms with Crippen molar-refractivity contribution in [2.75, 3.05) is 15.9 Å². The summed E-state index contributed by atoms with van der Waals surface area (Å²) in [4.78, 5) is 12.7. The molecule has 0 unspecified atom stereocenters. The molecule has 0 spiro atoms. The summed E-state index contributed by atoms with van der Waals surface area (Å²) in [6, 6.07) is 11.4. The first-order valence-electron chi connectivity index (χ1n) is 8.29. The highest BCUT2D eigenvalue weighted by Gasteiger charge is 2.29. The van der Waals surface area contributed by atoms with Crippen molar-refractivity contribution in [1.29, 1.82) is 0 Å². The van der Waals surface area contributed by atoms with E-state index in [0.717, 1.165) is 28.1 Å². The fourth-order valence-corrected chi connectivity index (χ4v) is 4.02. The van der Waals surface area contributed by atoms with E-state index >= 15 is 0 Å². The summed E-state index contributed by atoms with van der Waals surface area (Å²) in [5.41, 5.74) is 2.83. The van der Waals surface area contributed by atoms with E-state index in [9.17, 15) is 13.2 Å². The number of anilines is 2. The Morgan fingerprint density at radius 3 is 2.35 bits per heavy atom. The molecular weight excluding hydrogens is 372 g/mol. The lowest BCUT2D eigenvalue weighted by atomic mass is 10.1. The van der Waals surface area contributed by atoms with Crippen molar-refractivity contribution in [3.05, 3.63) is 58.6 Å². The highest BCUT2D eigenvalue weighted by atomic mass is 35.5. The smallest absolute Gasteiger partial charge is 0.248 e. The number of nitrogens with one attached hydrogen (secondary N) is 1. The first kappa shape index (κ1) is 20.3. The lowest BCUT2D eigenvalue weighted by molar-refractivity contribution is -0.116. The minimum Gasteiger partial charge on any atom is -0.324 e. The molecule has 0 saturated carbocycles. The van der Waals surface area contributed by atoms with Crippen molar-refractivity contribution in [2.45, 2.75) is 33.2 Å². The molecule has 1 atom stereocenters. The van der Waals surface area contributed by atoms with Crippen molar-refractivity contribution in [1.82, 2.24) is 0 Å². The second kappa shape index (κ2) is 8.10. The lowest BCUT2D eigenvalue weighted by Crippen LogP contribution is -2.45. The van der Waals surface area contributed by atoms with Crippen LogP contribution in [0.3, 0.4) is 0 Å². The monoisotopic (exact) mass is 394 g/mol. The van der Waals surface area contributed by atoms with Crippen LogP contribution in [0.1, 0.15) is 25.0 Å². The average Bonchev–Trinajstić information content (AvgIpc) is 2.58. The number of carbonyl (C=O) groups is 1. The Labute approximate surface area is 160 Å². The van der Waals surface area contributed by atoms with Gasteiger partial charge in [0.25, 0.3) is 0 Å². The molecule has 0 radical (unpaired) electrons. The molecule has 2 rings (SSSR count). The number of amides is 1. The van der Waals surface area contributed by atoms with Gasteiger partial charge in [-0.05, 0) is 55.7 Å². The predicted molar refractivity (Wildman–Crippen MR) is 107 cm³/mol. The van der Waals surface area contributed by atoms with Gasteiger partial charge in [-0.15, -0.1) is 0 Å². The number of nitrogens with zero attached hydrogens (tertiary/aromatic N) is 1. The SMILES string of the molecule is CCc1ccc(N([C@H](C)C(=O)Nc2cccc(Cl)c2C)S(C)(=O)=O)cc1. The van der Waals surface area contributed by atoms with E-state index < -0.39 is 22.0 Å². The second-order valence-electron chi connectivity index (χ2n) is 6.16. The number of carbonyl (C=O) groups excluding carboxylic acids is 1. The van der Waals surface area contributed by atoms with E-state index in [1.54, 1.807) is 44.2 Å². The molecule has 5 nitrogen and oxygen atoms in total. The lowest BCUT2D eigenvalue weighted by Gasteiger charge is -2.28. The Morgan fingerprint density at radius 1 is 1.19 bits per heavy atom. The third kappa shape index (κ3) is 4.56. The molecule has 0 aliphatic heterocycles. The number of benzene rings is 2. The number of aryl methyl sites for hydroxylation is 1. The Balaban J connectivity index is 2.32. The molecule has 7 heteroatoms. The molecule has 26 heavy (non-hydrogen) atoms. The van der Waals surface area contributed by atoms with E-state index in [1.165, 1.54) is 0 Å². The molecule has 1 amide bonds. The Bertz CT molecular complexity index is 896. The van der Waals surface area contributed by atoms with E-state index in [4.69, 9.17) is 11.6 Å². The minimum absolute atomic E-state index is 0.430. The molecule has 0 bridgehead atoms. The normalized spacial score (nSPS) is 12.5. The molecule has 0 heterocycles. The zero-order valence-corrected chi connectivity index (χ0v) is 16.9. The summed E-state index contributed by atoms with van der Waals surface area (Å²) in [6.07, 6.45) is 1.94. The fourth-order valence-electron chi connectivity index (χ4n) is 2.67. The van der Waals surface area contributed by atoms with Gasteiger partial charge in [0.05, 0.1) is 11.9 Å². The van der Waals surface area contributed by atoms with E-state index in [-0.39, 0.29) is 0 Å². The Morgan fingerprint density at radius 2 is 1.81 bits per heavy atom. The zero-order chi connectivity index (χ0) is 19.5. The molecular formula is C19H23ClN2O3S. The second-order valence-corrected chi connectivity index (χ2v) is 8.42. The summed E-state index contributed by atoms with van der Waals surface area (Å²) >= 11 is 6.08. The van der Waals surface area contributed by atoms with Crippen LogP contribution in [0.25, 0.3) is 0 Å². The van der Waals surface area contributed by atoms with Gasteiger partial charge in [0.15, 0.2) is 0 Å². The summed E-state index contributed by atoms with van der Waals surface area (Å²) in [7, 11) is -3.65. The van der Waals surface area contributed by atoms with Crippen LogP contribution in [0.15, 0.2) is 42.5 Å². The maximum absolute atomic E-state index is 12.7. The number of hydrogen-bond acceptors (Lipinski definition) is 3. The number of sulfonamides is 1. The number of halogens is 1. The van der Waals surface area contributed by atoms with Crippen molar-refractivity contribution in [3.8, 4) is 0 Å². The summed E-state index contributed by atoms with van der Waals surface area (Å²) in [5, 5.41) is 3.30. The first-order chi connectivity index (χ1) is 12.1. The van der Waals surface area contributed by atoms with Gasteiger partial charge in [-0.2, -0.15) is 0 Å².